The van der Waals surface area contributed by atoms with Crippen LogP contribution in [0.3, 0.4) is 0 Å². The van der Waals surface area contributed by atoms with Crippen molar-refractivity contribution >= 4 is 5.91 Å². The Morgan fingerprint density at radius 3 is 2.65 bits per heavy atom. The van der Waals surface area contributed by atoms with Gasteiger partial charge in [-0.15, -0.1) is 0 Å². The van der Waals surface area contributed by atoms with E-state index >= 15 is 0 Å². The fourth-order valence-electron chi connectivity index (χ4n) is 4.27. The molecule has 26 heavy (non-hydrogen) atoms. The van der Waals surface area contributed by atoms with Gasteiger partial charge in [-0.05, 0) is 37.8 Å². The van der Waals surface area contributed by atoms with Crippen LogP contribution in [0.5, 0.6) is 0 Å². The molecule has 2 aliphatic heterocycles. The highest BCUT2D eigenvalue weighted by Gasteiger charge is 2.39. The molecule has 5 nitrogen and oxygen atoms in total. The molecule has 0 radical (unpaired) electrons. The second kappa shape index (κ2) is 8.66. The van der Waals surface area contributed by atoms with Gasteiger partial charge in [0.15, 0.2) is 0 Å². The molecule has 0 aromatic heterocycles. The van der Waals surface area contributed by atoms with Crippen LogP contribution in [0, 0.1) is 17.2 Å². The van der Waals surface area contributed by atoms with Crippen molar-refractivity contribution in [2.45, 2.75) is 31.1 Å². The van der Waals surface area contributed by atoms with E-state index in [2.05, 4.69) is 11.0 Å². The van der Waals surface area contributed by atoms with E-state index in [1.54, 1.807) is 7.11 Å². The number of benzene rings is 1. The molecule has 1 atom stereocenters. The van der Waals surface area contributed by atoms with Gasteiger partial charge in [0.25, 0.3) is 0 Å². The van der Waals surface area contributed by atoms with Crippen LogP contribution in [-0.4, -0.2) is 62.1 Å². The smallest absolute Gasteiger partial charge is 0.226 e. The third-order valence-electron chi connectivity index (χ3n) is 5.94. The minimum absolute atomic E-state index is 0.0897. The van der Waals surface area contributed by atoms with Gasteiger partial charge in [-0.3, -0.25) is 4.79 Å². The van der Waals surface area contributed by atoms with Crippen molar-refractivity contribution in [2.24, 2.45) is 5.92 Å². The minimum Gasteiger partial charge on any atom is -0.383 e. The Morgan fingerprint density at radius 2 is 2.00 bits per heavy atom. The van der Waals surface area contributed by atoms with E-state index in [0.29, 0.717) is 19.7 Å². The van der Waals surface area contributed by atoms with Crippen molar-refractivity contribution in [3.8, 4) is 6.07 Å². The molecule has 2 fully saturated rings. The van der Waals surface area contributed by atoms with Gasteiger partial charge in [-0.25, -0.2) is 0 Å². The molecule has 0 saturated carbocycles. The van der Waals surface area contributed by atoms with Crippen LogP contribution in [0.25, 0.3) is 0 Å². The van der Waals surface area contributed by atoms with Gasteiger partial charge in [-0.1, -0.05) is 30.3 Å². The summed E-state index contributed by atoms with van der Waals surface area (Å²) in [4.78, 5) is 17.3. The van der Waals surface area contributed by atoms with Gasteiger partial charge < -0.3 is 14.5 Å². The van der Waals surface area contributed by atoms with Gasteiger partial charge in [0.1, 0.15) is 0 Å². The van der Waals surface area contributed by atoms with Crippen LogP contribution in [0.1, 0.15) is 31.2 Å². The molecule has 0 spiro atoms. The summed E-state index contributed by atoms with van der Waals surface area (Å²) in [7, 11) is 1.72. The second-order valence-corrected chi connectivity index (χ2v) is 7.52. The number of methoxy groups -OCH3 is 1. The number of nitriles is 1. The monoisotopic (exact) mass is 355 g/mol. The third kappa shape index (κ3) is 4.08. The Kier molecular flexibility index (Phi) is 6.29. The second-order valence-electron chi connectivity index (χ2n) is 7.52. The number of likely N-dealkylation sites (tertiary alicyclic amines) is 2. The largest absolute Gasteiger partial charge is 0.383 e. The Balaban J connectivity index is 1.59. The number of carbonyl (C=O) groups is 1. The maximum Gasteiger partial charge on any atom is 0.226 e. The molecule has 5 heteroatoms. The van der Waals surface area contributed by atoms with E-state index in [0.717, 1.165) is 50.9 Å². The summed E-state index contributed by atoms with van der Waals surface area (Å²) < 4.78 is 5.17. The first-order valence-electron chi connectivity index (χ1n) is 9.65. The van der Waals surface area contributed by atoms with Crippen molar-refractivity contribution in [1.29, 1.82) is 5.26 Å². The van der Waals surface area contributed by atoms with Crippen LogP contribution in [0.2, 0.25) is 0 Å². The highest BCUT2D eigenvalue weighted by molar-refractivity contribution is 5.79. The molecule has 0 aliphatic carbocycles. The van der Waals surface area contributed by atoms with Gasteiger partial charge in [0.2, 0.25) is 5.91 Å². The molecule has 1 aromatic rings. The zero-order chi connectivity index (χ0) is 18.4. The van der Waals surface area contributed by atoms with Crippen LogP contribution in [-0.2, 0) is 14.9 Å². The van der Waals surface area contributed by atoms with Crippen LogP contribution in [0.4, 0.5) is 0 Å². The Morgan fingerprint density at radius 1 is 1.27 bits per heavy atom. The predicted molar refractivity (Wildman–Crippen MR) is 101 cm³/mol. The van der Waals surface area contributed by atoms with Crippen molar-refractivity contribution < 1.29 is 9.53 Å². The Bertz CT molecular complexity index is 632. The van der Waals surface area contributed by atoms with E-state index < -0.39 is 5.41 Å². The summed E-state index contributed by atoms with van der Waals surface area (Å²) in [5, 5.41) is 9.81. The van der Waals surface area contributed by atoms with Gasteiger partial charge in [-0.2, -0.15) is 5.26 Å². The molecule has 0 bridgehead atoms. The SMILES string of the molecule is COCCN1CCCC(C(=O)N2CCC(C#N)(c3ccccc3)CC2)C1. The lowest BCUT2D eigenvalue weighted by Crippen LogP contribution is -2.50. The van der Waals surface area contributed by atoms with Crippen LogP contribution < -0.4 is 0 Å². The number of rotatable bonds is 5. The average Bonchev–Trinajstić information content (AvgIpc) is 2.72. The molecule has 1 amide bonds. The Labute approximate surface area is 156 Å². The normalized spacial score (nSPS) is 23.4. The summed E-state index contributed by atoms with van der Waals surface area (Å²) in [6.45, 7) is 4.85. The summed E-state index contributed by atoms with van der Waals surface area (Å²) in [5.74, 6) is 0.360. The topological polar surface area (TPSA) is 56.6 Å². The lowest BCUT2D eigenvalue weighted by molar-refractivity contribution is -0.138. The molecule has 2 aliphatic rings. The van der Waals surface area contributed by atoms with Crippen molar-refractivity contribution in [3.63, 3.8) is 0 Å². The standard InChI is InChI=1S/C21H29N3O2/c1-26-15-14-23-11-5-6-18(16-23)20(25)24-12-9-21(17-22,10-13-24)19-7-3-2-4-8-19/h2-4,7-8,18H,5-6,9-16H2,1H3. The number of amides is 1. The number of hydrogen-bond donors (Lipinski definition) is 0. The lowest BCUT2D eigenvalue weighted by atomic mass is 9.74. The first-order valence-corrected chi connectivity index (χ1v) is 9.65. The first-order chi connectivity index (χ1) is 12.7. The first kappa shape index (κ1) is 18.9. The third-order valence-corrected chi connectivity index (χ3v) is 5.94. The molecule has 2 saturated heterocycles. The number of hydrogen-bond acceptors (Lipinski definition) is 4. The summed E-state index contributed by atoms with van der Waals surface area (Å²) in [6, 6.07) is 12.6. The van der Waals surface area contributed by atoms with E-state index in [9.17, 15) is 10.1 Å². The maximum absolute atomic E-state index is 13.0. The Hall–Kier alpha value is -1.90. The molecule has 140 valence electrons. The van der Waals surface area contributed by atoms with E-state index in [1.807, 2.05) is 35.2 Å². The number of carbonyl (C=O) groups excluding carboxylic acids is 1. The number of ether oxygens (including phenoxy) is 1. The molecule has 3 rings (SSSR count). The fourth-order valence-corrected chi connectivity index (χ4v) is 4.27. The fraction of sp³-hybridized carbons (Fsp3) is 0.619. The van der Waals surface area contributed by atoms with Crippen LogP contribution >= 0.6 is 0 Å². The van der Waals surface area contributed by atoms with Gasteiger partial charge in [0.05, 0.1) is 24.0 Å². The number of nitrogens with zero attached hydrogens (tertiary/aromatic N) is 3. The highest BCUT2D eigenvalue weighted by atomic mass is 16.5. The molecular weight excluding hydrogens is 326 g/mol. The van der Waals surface area contributed by atoms with E-state index in [4.69, 9.17) is 4.74 Å². The molecule has 2 heterocycles. The van der Waals surface area contributed by atoms with Gasteiger partial charge >= 0.3 is 0 Å². The van der Waals surface area contributed by atoms with E-state index in [-0.39, 0.29) is 11.8 Å². The quantitative estimate of drug-likeness (QED) is 0.814. The van der Waals surface area contributed by atoms with Crippen LogP contribution in [0.15, 0.2) is 30.3 Å². The van der Waals surface area contributed by atoms with E-state index in [1.165, 1.54) is 0 Å². The predicted octanol–water partition coefficient (Wildman–Crippen LogP) is 2.43. The maximum atomic E-state index is 13.0. The molecule has 0 N–H and O–H groups in total. The molecule has 1 unspecified atom stereocenters. The van der Waals surface area contributed by atoms with Crippen molar-refractivity contribution in [2.75, 3.05) is 46.4 Å². The summed E-state index contributed by atoms with van der Waals surface area (Å²) >= 11 is 0. The molecule has 1 aromatic carbocycles. The highest BCUT2D eigenvalue weighted by Crippen LogP contribution is 2.35. The lowest BCUT2D eigenvalue weighted by Gasteiger charge is -2.40. The van der Waals surface area contributed by atoms with Crippen molar-refractivity contribution in [1.82, 2.24) is 9.80 Å². The van der Waals surface area contributed by atoms with Gasteiger partial charge in [0, 0.05) is 33.3 Å². The zero-order valence-corrected chi connectivity index (χ0v) is 15.7. The summed E-state index contributed by atoms with van der Waals surface area (Å²) in [5.41, 5.74) is 0.632. The molecular formula is C21H29N3O2. The number of piperidine rings is 2. The zero-order valence-electron chi connectivity index (χ0n) is 15.7. The minimum atomic E-state index is -0.449. The van der Waals surface area contributed by atoms with Crippen molar-refractivity contribution in [3.05, 3.63) is 35.9 Å². The average molecular weight is 355 g/mol. The summed E-state index contributed by atoms with van der Waals surface area (Å²) in [6.07, 6.45) is 3.49.